The number of benzene rings is 5. The van der Waals surface area contributed by atoms with Crippen molar-refractivity contribution in [1.82, 2.24) is 0 Å². The fourth-order valence-electron chi connectivity index (χ4n) is 5.69. The van der Waals surface area contributed by atoms with E-state index in [1.54, 1.807) is 0 Å². The first-order valence-electron chi connectivity index (χ1n) is 11.5. The van der Waals surface area contributed by atoms with Crippen LogP contribution < -0.4 is 4.74 Å². The van der Waals surface area contributed by atoms with Gasteiger partial charge in [0.1, 0.15) is 11.2 Å². The molecule has 5 aromatic carbocycles. The summed E-state index contributed by atoms with van der Waals surface area (Å²) in [6.07, 6.45) is 2.16. The number of ether oxygens (including phenoxy) is 1. The predicted octanol–water partition coefficient (Wildman–Crippen LogP) is 7.27. The molecule has 0 radical (unpaired) electrons. The van der Waals surface area contributed by atoms with Crippen LogP contribution in [0.15, 0.2) is 115 Å². The summed E-state index contributed by atoms with van der Waals surface area (Å²) < 4.78 is 6.27. The quantitative estimate of drug-likeness (QED) is 0.215. The molecule has 0 bridgehead atoms. The SMILES string of the molecule is O=C1Oc2c(-c3ccccc3)cc3ccccc3c2C12C(c1ccccc1)=Cc1ccccc12. The van der Waals surface area contributed by atoms with Gasteiger partial charge in [0.15, 0.2) is 0 Å². The zero-order valence-electron chi connectivity index (χ0n) is 18.4. The van der Waals surface area contributed by atoms with E-state index in [2.05, 4.69) is 60.7 Å². The molecule has 0 saturated carbocycles. The van der Waals surface area contributed by atoms with Crippen LogP contribution in [0.25, 0.3) is 33.5 Å². The van der Waals surface area contributed by atoms with E-state index in [1.807, 2.05) is 60.7 Å². The highest BCUT2D eigenvalue weighted by Crippen LogP contribution is 2.60. The molecule has 0 amide bonds. The van der Waals surface area contributed by atoms with E-state index < -0.39 is 5.41 Å². The molecule has 1 aliphatic heterocycles. The van der Waals surface area contributed by atoms with E-state index in [-0.39, 0.29) is 5.97 Å². The van der Waals surface area contributed by atoms with Crippen LogP contribution in [-0.2, 0) is 10.2 Å². The first-order chi connectivity index (χ1) is 16.8. The van der Waals surface area contributed by atoms with E-state index in [0.717, 1.165) is 49.7 Å². The molecule has 2 aliphatic rings. The minimum Gasteiger partial charge on any atom is -0.424 e. The van der Waals surface area contributed by atoms with Crippen LogP contribution >= 0.6 is 0 Å². The van der Waals surface area contributed by atoms with Gasteiger partial charge in [-0.2, -0.15) is 0 Å². The Labute approximate surface area is 197 Å². The Kier molecular flexibility index (Phi) is 3.95. The van der Waals surface area contributed by atoms with Gasteiger partial charge in [0.05, 0.1) is 0 Å². The molecule has 0 aromatic heterocycles. The Hall–Kier alpha value is -4.43. The second-order valence-corrected chi connectivity index (χ2v) is 8.87. The first kappa shape index (κ1) is 19.1. The third kappa shape index (κ3) is 2.43. The number of hydrogen-bond donors (Lipinski definition) is 0. The molecular formula is C32H20O2. The summed E-state index contributed by atoms with van der Waals surface area (Å²) >= 11 is 0. The van der Waals surface area contributed by atoms with Gasteiger partial charge in [-0.3, -0.25) is 0 Å². The normalized spacial score (nSPS) is 18.0. The molecule has 5 aromatic rings. The summed E-state index contributed by atoms with van der Waals surface area (Å²) in [5.41, 5.74) is 5.92. The van der Waals surface area contributed by atoms with Crippen molar-refractivity contribution in [3.05, 3.63) is 138 Å². The van der Waals surface area contributed by atoms with Crippen molar-refractivity contribution in [3.63, 3.8) is 0 Å². The zero-order chi connectivity index (χ0) is 22.7. The maximum Gasteiger partial charge on any atom is 0.331 e. The van der Waals surface area contributed by atoms with Crippen molar-refractivity contribution < 1.29 is 9.53 Å². The monoisotopic (exact) mass is 436 g/mol. The lowest BCUT2D eigenvalue weighted by molar-refractivity contribution is -0.135. The molecule has 0 saturated heterocycles. The van der Waals surface area contributed by atoms with E-state index in [9.17, 15) is 4.79 Å². The van der Waals surface area contributed by atoms with Crippen molar-refractivity contribution in [1.29, 1.82) is 0 Å². The smallest absolute Gasteiger partial charge is 0.331 e. The van der Waals surface area contributed by atoms with Gasteiger partial charge in [0, 0.05) is 11.1 Å². The molecule has 1 spiro atoms. The Morgan fingerprint density at radius 3 is 2.09 bits per heavy atom. The molecule has 7 rings (SSSR count). The Morgan fingerprint density at radius 1 is 0.647 bits per heavy atom. The van der Waals surface area contributed by atoms with E-state index >= 15 is 0 Å². The Morgan fingerprint density at radius 2 is 1.29 bits per heavy atom. The molecule has 1 unspecified atom stereocenters. The minimum absolute atomic E-state index is 0.240. The Bertz CT molecular complexity index is 1630. The number of carbonyl (C=O) groups is 1. The average Bonchev–Trinajstić information content (AvgIpc) is 3.41. The lowest BCUT2D eigenvalue weighted by atomic mass is 9.69. The average molecular weight is 437 g/mol. The van der Waals surface area contributed by atoms with Crippen molar-refractivity contribution >= 4 is 28.4 Å². The lowest BCUT2D eigenvalue weighted by Gasteiger charge is -2.27. The topological polar surface area (TPSA) is 26.3 Å². The van der Waals surface area contributed by atoms with Gasteiger partial charge in [0.2, 0.25) is 0 Å². The number of fused-ring (bicyclic) bond motifs is 6. The van der Waals surface area contributed by atoms with Crippen LogP contribution in [0.5, 0.6) is 5.75 Å². The second kappa shape index (κ2) is 7.03. The van der Waals surface area contributed by atoms with Gasteiger partial charge in [-0.15, -0.1) is 0 Å². The van der Waals surface area contributed by atoms with Gasteiger partial charge in [-0.05, 0) is 50.7 Å². The molecule has 1 heterocycles. The maximum absolute atomic E-state index is 14.2. The molecule has 0 N–H and O–H groups in total. The van der Waals surface area contributed by atoms with Crippen molar-refractivity contribution in [2.24, 2.45) is 0 Å². The highest BCUT2D eigenvalue weighted by molar-refractivity contribution is 6.19. The van der Waals surface area contributed by atoms with Crippen LogP contribution in [0, 0.1) is 0 Å². The summed E-state index contributed by atoms with van der Waals surface area (Å²) in [6, 6.07) is 39.0. The fraction of sp³-hybridized carbons (Fsp3) is 0.0312. The van der Waals surface area contributed by atoms with Crippen molar-refractivity contribution in [2.45, 2.75) is 5.41 Å². The van der Waals surface area contributed by atoms with Crippen LogP contribution in [0.3, 0.4) is 0 Å². The fourth-order valence-corrected chi connectivity index (χ4v) is 5.69. The third-order valence-corrected chi connectivity index (χ3v) is 7.12. The molecular weight excluding hydrogens is 416 g/mol. The van der Waals surface area contributed by atoms with Crippen molar-refractivity contribution in [3.8, 4) is 16.9 Å². The van der Waals surface area contributed by atoms with Crippen molar-refractivity contribution in [2.75, 3.05) is 0 Å². The Balaban J connectivity index is 1.65. The molecule has 2 heteroatoms. The van der Waals surface area contributed by atoms with Crippen LogP contribution in [0.2, 0.25) is 0 Å². The summed E-state index contributed by atoms with van der Waals surface area (Å²) in [6.45, 7) is 0. The minimum atomic E-state index is -1.02. The van der Waals surface area contributed by atoms with Crippen LogP contribution in [-0.4, -0.2) is 5.97 Å². The molecule has 1 aliphatic carbocycles. The van der Waals surface area contributed by atoms with Gasteiger partial charge in [-0.1, -0.05) is 109 Å². The molecule has 2 nitrogen and oxygen atoms in total. The van der Waals surface area contributed by atoms with Gasteiger partial charge < -0.3 is 4.74 Å². The summed E-state index contributed by atoms with van der Waals surface area (Å²) in [5.74, 6) is 0.421. The first-order valence-corrected chi connectivity index (χ1v) is 11.5. The zero-order valence-corrected chi connectivity index (χ0v) is 18.4. The lowest BCUT2D eigenvalue weighted by Crippen LogP contribution is -2.35. The summed E-state index contributed by atoms with van der Waals surface area (Å²) in [7, 11) is 0. The number of hydrogen-bond acceptors (Lipinski definition) is 2. The highest BCUT2D eigenvalue weighted by atomic mass is 16.5. The van der Waals surface area contributed by atoms with E-state index in [4.69, 9.17) is 4.74 Å². The predicted molar refractivity (Wildman–Crippen MR) is 137 cm³/mol. The second-order valence-electron chi connectivity index (χ2n) is 8.87. The molecule has 0 fully saturated rings. The maximum atomic E-state index is 14.2. The van der Waals surface area contributed by atoms with Crippen LogP contribution in [0.4, 0.5) is 0 Å². The molecule has 34 heavy (non-hydrogen) atoms. The largest absolute Gasteiger partial charge is 0.424 e. The molecule has 160 valence electrons. The summed E-state index contributed by atoms with van der Waals surface area (Å²) in [4.78, 5) is 14.2. The van der Waals surface area contributed by atoms with E-state index in [1.165, 1.54) is 0 Å². The third-order valence-electron chi connectivity index (χ3n) is 7.12. The van der Waals surface area contributed by atoms with Crippen LogP contribution in [0.1, 0.15) is 22.3 Å². The van der Waals surface area contributed by atoms with Gasteiger partial charge >= 0.3 is 5.97 Å². The van der Waals surface area contributed by atoms with Gasteiger partial charge in [0.25, 0.3) is 0 Å². The van der Waals surface area contributed by atoms with E-state index in [0.29, 0.717) is 5.75 Å². The van der Waals surface area contributed by atoms with Gasteiger partial charge in [-0.25, -0.2) is 4.79 Å². The number of carbonyl (C=O) groups excluding carboxylic acids is 1. The number of esters is 1. The standard InChI is InChI=1S/C32H20O2/c33-31-32(27-18-10-8-16-24(27)20-28(32)22-13-5-2-6-14-22)29-25-17-9-7-15-23(25)19-26(30(29)34-31)21-11-3-1-4-12-21/h1-20H. The highest BCUT2D eigenvalue weighted by Gasteiger charge is 2.58. The number of rotatable bonds is 2. The summed E-state index contributed by atoms with van der Waals surface area (Å²) in [5, 5.41) is 2.14. The molecule has 1 atom stereocenters.